The van der Waals surface area contributed by atoms with Crippen LogP contribution in [-0.2, 0) is 0 Å². The van der Waals surface area contributed by atoms with Crippen molar-refractivity contribution in [1.82, 2.24) is 10.1 Å². The fraction of sp³-hybridized carbons (Fsp3) is 0. The quantitative estimate of drug-likeness (QED) is 0.779. The lowest BCUT2D eigenvalue weighted by atomic mass is 10.2. The molecule has 0 fully saturated rings. The van der Waals surface area contributed by atoms with Crippen LogP contribution in [0.2, 0.25) is 0 Å². The van der Waals surface area contributed by atoms with Gasteiger partial charge in [0.25, 0.3) is 5.89 Å². The second kappa shape index (κ2) is 4.85. The minimum Gasteiger partial charge on any atom is -0.508 e. The molecule has 1 heterocycles. The van der Waals surface area contributed by atoms with Crippen LogP contribution >= 0.6 is 15.9 Å². The number of hydrogen-bond acceptors (Lipinski definition) is 4. The molecule has 1 aromatic heterocycles. The Morgan fingerprint density at radius 3 is 2.58 bits per heavy atom. The van der Waals surface area contributed by atoms with Gasteiger partial charge in [0.05, 0.1) is 0 Å². The molecule has 4 nitrogen and oxygen atoms in total. The Hall–Kier alpha value is -2.14. The highest BCUT2D eigenvalue weighted by molar-refractivity contribution is 9.10. The molecule has 1 N–H and O–H groups in total. The molecule has 0 aliphatic carbocycles. The van der Waals surface area contributed by atoms with Crippen LogP contribution in [0.5, 0.6) is 5.75 Å². The molecule has 0 radical (unpaired) electrons. The molecule has 2 aromatic carbocycles. The van der Waals surface area contributed by atoms with Crippen molar-refractivity contribution in [3.05, 3.63) is 53.0 Å². The third-order valence-corrected chi connectivity index (χ3v) is 3.10. The van der Waals surface area contributed by atoms with E-state index in [-0.39, 0.29) is 5.75 Å². The second-order valence-electron chi connectivity index (χ2n) is 3.98. The van der Waals surface area contributed by atoms with Crippen LogP contribution in [0.3, 0.4) is 0 Å². The van der Waals surface area contributed by atoms with Crippen LogP contribution in [-0.4, -0.2) is 15.2 Å². The van der Waals surface area contributed by atoms with Crippen molar-refractivity contribution in [3.63, 3.8) is 0 Å². The van der Waals surface area contributed by atoms with Gasteiger partial charge in [-0.15, -0.1) is 0 Å². The lowest BCUT2D eigenvalue weighted by molar-refractivity contribution is 0.431. The molecule has 0 amide bonds. The number of phenolic OH excluding ortho intramolecular Hbond substituents is 1. The molecule has 0 aliphatic rings. The van der Waals surface area contributed by atoms with Gasteiger partial charge in [-0.25, -0.2) is 0 Å². The van der Waals surface area contributed by atoms with Crippen molar-refractivity contribution in [2.24, 2.45) is 0 Å². The molecule has 94 valence electrons. The molecule has 0 aliphatic heterocycles. The van der Waals surface area contributed by atoms with Crippen LogP contribution in [0.25, 0.3) is 22.8 Å². The highest BCUT2D eigenvalue weighted by Gasteiger charge is 2.11. The lowest BCUT2D eigenvalue weighted by Gasteiger charge is -1.95. The second-order valence-corrected chi connectivity index (χ2v) is 4.90. The molecule has 0 unspecified atom stereocenters. The lowest BCUT2D eigenvalue weighted by Crippen LogP contribution is -1.81. The normalized spacial score (nSPS) is 10.6. The first-order valence-electron chi connectivity index (χ1n) is 5.61. The first-order chi connectivity index (χ1) is 9.22. The molecule has 0 spiro atoms. The molecule has 0 atom stereocenters. The topological polar surface area (TPSA) is 59.2 Å². The van der Waals surface area contributed by atoms with E-state index in [2.05, 4.69) is 26.1 Å². The molecule has 5 heteroatoms. The maximum atomic E-state index is 9.44. The summed E-state index contributed by atoms with van der Waals surface area (Å²) >= 11 is 3.40. The van der Waals surface area contributed by atoms with Crippen LogP contribution in [0.15, 0.2) is 57.5 Å². The molecule has 0 saturated carbocycles. The van der Waals surface area contributed by atoms with Gasteiger partial charge in [-0.1, -0.05) is 39.3 Å². The van der Waals surface area contributed by atoms with Gasteiger partial charge in [-0.2, -0.15) is 4.98 Å². The van der Waals surface area contributed by atoms with Crippen LogP contribution in [0.1, 0.15) is 0 Å². The first-order valence-corrected chi connectivity index (χ1v) is 6.41. The summed E-state index contributed by atoms with van der Waals surface area (Å²) in [7, 11) is 0. The van der Waals surface area contributed by atoms with Crippen LogP contribution in [0.4, 0.5) is 0 Å². The maximum Gasteiger partial charge on any atom is 0.258 e. The predicted octanol–water partition coefficient (Wildman–Crippen LogP) is 3.87. The summed E-state index contributed by atoms with van der Waals surface area (Å²) in [6, 6.07) is 14.4. The third kappa shape index (κ3) is 2.51. The average molecular weight is 317 g/mol. The van der Waals surface area contributed by atoms with Crippen molar-refractivity contribution in [2.45, 2.75) is 0 Å². The zero-order valence-corrected chi connectivity index (χ0v) is 11.3. The summed E-state index contributed by atoms with van der Waals surface area (Å²) in [6.07, 6.45) is 0. The first kappa shape index (κ1) is 11.9. The number of aromatic hydroxyl groups is 1. The van der Waals surface area contributed by atoms with E-state index in [0.29, 0.717) is 17.3 Å². The van der Waals surface area contributed by atoms with E-state index >= 15 is 0 Å². The van der Waals surface area contributed by atoms with Crippen LogP contribution in [0, 0.1) is 0 Å². The van der Waals surface area contributed by atoms with Crippen molar-refractivity contribution >= 4 is 15.9 Å². The smallest absolute Gasteiger partial charge is 0.258 e. The molecule has 0 bridgehead atoms. The van der Waals surface area contributed by atoms with E-state index in [1.807, 2.05) is 24.3 Å². The van der Waals surface area contributed by atoms with E-state index in [9.17, 15) is 5.11 Å². The van der Waals surface area contributed by atoms with E-state index in [1.54, 1.807) is 24.3 Å². The summed E-state index contributed by atoms with van der Waals surface area (Å²) in [4.78, 5) is 4.32. The number of rotatable bonds is 2. The number of nitrogens with zero attached hydrogens (tertiary/aromatic N) is 2. The SMILES string of the molecule is Oc1cccc(-c2nc(-c3cccc(Br)c3)no2)c1. The van der Waals surface area contributed by atoms with Gasteiger partial charge in [0.2, 0.25) is 5.82 Å². The fourth-order valence-corrected chi connectivity index (χ4v) is 2.12. The van der Waals surface area contributed by atoms with Crippen molar-refractivity contribution in [2.75, 3.05) is 0 Å². The van der Waals surface area contributed by atoms with E-state index in [0.717, 1.165) is 10.0 Å². The standard InChI is InChI=1S/C14H9BrN2O2/c15-11-5-1-3-9(7-11)13-16-14(19-17-13)10-4-2-6-12(18)8-10/h1-8,18H. The predicted molar refractivity (Wildman–Crippen MR) is 74.5 cm³/mol. The monoisotopic (exact) mass is 316 g/mol. The Balaban J connectivity index is 2.00. The number of aromatic nitrogens is 2. The van der Waals surface area contributed by atoms with Crippen molar-refractivity contribution < 1.29 is 9.63 Å². The van der Waals surface area contributed by atoms with Gasteiger partial charge < -0.3 is 9.63 Å². The number of halogens is 1. The van der Waals surface area contributed by atoms with Gasteiger partial charge in [-0.3, -0.25) is 0 Å². The highest BCUT2D eigenvalue weighted by atomic mass is 79.9. The van der Waals surface area contributed by atoms with Gasteiger partial charge in [0.15, 0.2) is 0 Å². The Bertz CT molecular complexity index is 665. The Morgan fingerprint density at radius 2 is 1.79 bits per heavy atom. The van der Waals surface area contributed by atoms with E-state index < -0.39 is 0 Å². The molecule has 0 saturated heterocycles. The van der Waals surface area contributed by atoms with Gasteiger partial charge in [0, 0.05) is 15.6 Å². The minimum absolute atomic E-state index is 0.166. The summed E-state index contributed by atoms with van der Waals surface area (Å²) in [6.45, 7) is 0. The van der Waals surface area contributed by atoms with Crippen molar-refractivity contribution in [1.29, 1.82) is 0 Å². The average Bonchev–Trinajstić information content (AvgIpc) is 2.88. The maximum absolute atomic E-state index is 9.44. The molecular formula is C14H9BrN2O2. The van der Waals surface area contributed by atoms with E-state index in [1.165, 1.54) is 0 Å². The summed E-state index contributed by atoms with van der Waals surface area (Å²) < 4.78 is 6.16. The number of phenols is 1. The summed E-state index contributed by atoms with van der Waals surface area (Å²) in [5.74, 6) is 1.06. The Kier molecular flexibility index (Phi) is 3.05. The zero-order valence-electron chi connectivity index (χ0n) is 9.75. The Morgan fingerprint density at radius 1 is 1.00 bits per heavy atom. The van der Waals surface area contributed by atoms with Crippen molar-refractivity contribution in [3.8, 4) is 28.6 Å². The zero-order chi connectivity index (χ0) is 13.2. The van der Waals surface area contributed by atoms with E-state index in [4.69, 9.17) is 4.52 Å². The molecule has 3 aromatic rings. The van der Waals surface area contributed by atoms with Gasteiger partial charge >= 0.3 is 0 Å². The summed E-state index contributed by atoms with van der Waals surface area (Å²) in [5, 5.41) is 13.4. The number of benzene rings is 2. The molecule has 3 rings (SSSR count). The largest absolute Gasteiger partial charge is 0.508 e. The molecular weight excluding hydrogens is 308 g/mol. The summed E-state index contributed by atoms with van der Waals surface area (Å²) in [5.41, 5.74) is 1.55. The minimum atomic E-state index is 0.166. The van der Waals surface area contributed by atoms with Gasteiger partial charge in [-0.05, 0) is 30.3 Å². The van der Waals surface area contributed by atoms with Gasteiger partial charge in [0.1, 0.15) is 5.75 Å². The fourth-order valence-electron chi connectivity index (χ4n) is 1.72. The Labute approximate surface area is 117 Å². The number of hydrogen-bond donors (Lipinski definition) is 1. The third-order valence-electron chi connectivity index (χ3n) is 2.60. The highest BCUT2D eigenvalue weighted by Crippen LogP contribution is 2.25. The van der Waals surface area contributed by atoms with Crippen LogP contribution < -0.4 is 0 Å². The molecule has 19 heavy (non-hydrogen) atoms.